The van der Waals surface area contributed by atoms with Gasteiger partial charge in [0.05, 0.1) is 10.8 Å². The molecule has 2 unspecified atom stereocenters. The van der Waals surface area contributed by atoms with Crippen molar-refractivity contribution in [3.8, 4) is 0 Å². The number of benzene rings is 1. The number of epoxide rings is 1. The van der Waals surface area contributed by atoms with E-state index in [-0.39, 0.29) is 11.0 Å². The Morgan fingerprint density at radius 1 is 1.20 bits per heavy atom. The van der Waals surface area contributed by atoms with E-state index in [1.165, 1.54) is 12.8 Å². The highest BCUT2D eigenvalue weighted by molar-refractivity contribution is 7.85. The second kappa shape index (κ2) is 3.42. The van der Waals surface area contributed by atoms with Crippen molar-refractivity contribution in [2.75, 3.05) is 0 Å². The van der Waals surface area contributed by atoms with E-state index in [4.69, 9.17) is 4.74 Å². The van der Waals surface area contributed by atoms with Crippen LogP contribution in [0.25, 0.3) is 0 Å². The van der Waals surface area contributed by atoms with Crippen molar-refractivity contribution in [1.82, 2.24) is 0 Å². The van der Waals surface area contributed by atoms with Gasteiger partial charge in [0.1, 0.15) is 5.60 Å². The lowest BCUT2D eigenvalue weighted by Gasteiger charge is -2.01. The summed E-state index contributed by atoms with van der Waals surface area (Å²) in [6, 6.07) is 9.63. The highest BCUT2D eigenvalue weighted by Gasteiger charge is 2.60. The minimum absolute atomic E-state index is 0.0132. The maximum Gasteiger partial charge on any atom is 0.166 e. The summed E-state index contributed by atoms with van der Waals surface area (Å²) in [6.45, 7) is 0. The van der Waals surface area contributed by atoms with Gasteiger partial charge in [-0.25, -0.2) is 0 Å². The molecule has 1 heterocycles. The third-order valence-electron chi connectivity index (χ3n) is 3.33. The molecule has 1 spiro atoms. The van der Waals surface area contributed by atoms with Gasteiger partial charge in [-0.1, -0.05) is 31.0 Å². The Morgan fingerprint density at radius 2 is 1.87 bits per heavy atom. The predicted molar refractivity (Wildman–Crippen MR) is 58.9 cm³/mol. The standard InChI is InChI=1S/C12H14O2S/c13-15(10-6-2-1-3-7-10)11-12(14-11)8-4-5-9-12/h1-3,6-7,11H,4-5,8-9H2. The molecule has 15 heavy (non-hydrogen) atoms. The van der Waals surface area contributed by atoms with Gasteiger partial charge in [0.25, 0.3) is 0 Å². The molecule has 1 aromatic rings. The van der Waals surface area contributed by atoms with Crippen LogP contribution in [0.2, 0.25) is 0 Å². The summed E-state index contributed by atoms with van der Waals surface area (Å²) in [5, 5.41) is 0. The second-order valence-electron chi connectivity index (χ2n) is 4.33. The average molecular weight is 222 g/mol. The Kier molecular flexibility index (Phi) is 2.18. The van der Waals surface area contributed by atoms with Gasteiger partial charge in [0, 0.05) is 4.90 Å². The summed E-state index contributed by atoms with van der Waals surface area (Å²) in [6.07, 6.45) is 4.64. The van der Waals surface area contributed by atoms with Crippen LogP contribution in [0.4, 0.5) is 0 Å². The smallest absolute Gasteiger partial charge is 0.166 e. The van der Waals surface area contributed by atoms with Gasteiger partial charge in [-0.15, -0.1) is 0 Å². The maximum atomic E-state index is 12.2. The Bertz CT molecular complexity index is 382. The molecule has 3 rings (SSSR count). The van der Waals surface area contributed by atoms with Crippen molar-refractivity contribution in [2.24, 2.45) is 0 Å². The van der Waals surface area contributed by atoms with E-state index in [2.05, 4.69) is 0 Å². The van der Waals surface area contributed by atoms with E-state index in [9.17, 15) is 4.21 Å². The molecule has 1 saturated carbocycles. The zero-order chi connectivity index (χ0) is 10.3. The van der Waals surface area contributed by atoms with Crippen molar-refractivity contribution in [2.45, 2.75) is 41.6 Å². The van der Waals surface area contributed by atoms with Crippen LogP contribution in [0.15, 0.2) is 35.2 Å². The van der Waals surface area contributed by atoms with E-state index in [0.717, 1.165) is 17.7 Å². The number of hydrogen-bond donors (Lipinski definition) is 0. The molecule has 80 valence electrons. The molecular formula is C12H14O2S. The molecular weight excluding hydrogens is 208 g/mol. The first-order valence-electron chi connectivity index (χ1n) is 5.45. The van der Waals surface area contributed by atoms with Crippen molar-refractivity contribution in [3.05, 3.63) is 30.3 Å². The van der Waals surface area contributed by atoms with Gasteiger partial charge in [-0.05, 0) is 25.0 Å². The molecule has 2 aliphatic rings. The van der Waals surface area contributed by atoms with Crippen molar-refractivity contribution < 1.29 is 8.95 Å². The van der Waals surface area contributed by atoms with Gasteiger partial charge in [-0.2, -0.15) is 0 Å². The lowest BCUT2D eigenvalue weighted by molar-refractivity contribution is 0.306. The van der Waals surface area contributed by atoms with Gasteiger partial charge < -0.3 is 4.74 Å². The highest BCUT2D eigenvalue weighted by atomic mass is 32.2. The molecule has 3 heteroatoms. The normalized spacial score (nSPS) is 29.2. The summed E-state index contributed by atoms with van der Waals surface area (Å²) in [4.78, 5) is 0.895. The molecule has 2 nitrogen and oxygen atoms in total. The Labute approximate surface area is 92.1 Å². The number of ether oxygens (including phenoxy) is 1. The molecule has 0 radical (unpaired) electrons. The third kappa shape index (κ3) is 1.54. The summed E-state index contributed by atoms with van der Waals surface area (Å²) < 4.78 is 17.8. The van der Waals surface area contributed by atoms with Crippen molar-refractivity contribution >= 4 is 10.8 Å². The molecule has 2 atom stereocenters. The van der Waals surface area contributed by atoms with Crippen molar-refractivity contribution in [3.63, 3.8) is 0 Å². The van der Waals surface area contributed by atoms with Crippen LogP contribution in [-0.2, 0) is 15.5 Å². The number of hydrogen-bond acceptors (Lipinski definition) is 2. The van der Waals surface area contributed by atoms with Gasteiger partial charge in [0.2, 0.25) is 0 Å². The fraction of sp³-hybridized carbons (Fsp3) is 0.500. The number of rotatable bonds is 2. The summed E-state index contributed by atoms with van der Waals surface area (Å²) in [5.41, 5.74) is -0.0526. The molecule has 0 N–H and O–H groups in total. The largest absolute Gasteiger partial charge is 0.351 e. The Balaban J connectivity index is 1.78. The average Bonchev–Trinajstić information content (AvgIpc) is 2.77. The zero-order valence-corrected chi connectivity index (χ0v) is 9.33. The molecule has 1 aliphatic carbocycles. The van der Waals surface area contributed by atoms with Crippen LogP contribution in [0, 0.1) is 0 Å². The quantitative estimate of drug-likeness (QED) is 0.719. The predicted octanol–water partition coefficient (Wildman–Crippen LogP) is 2.46. The van der Waals surface area contributed by atoms with E-state index in [1.807, 2.05) is 30.3 Å². The molecule has 1 saturated heterocycles. The minimum atomic E-state index is -0.975. The van der Waals surface area contributed by atoms with E-state index in [0.29, 0.717) is 0 Å². The van der Waals surface area contributed by atoms with E-state index in [1.54, 1.807) is 0 Å². The summed E-state index contributed by atoms with van der Waals surface area (Å²) in [5.74, 6) is 0. The second-order valence-corrected chi connectivity index (χ2v) is 5.83. The topological polar surface area (TPSA) is 29.6 Å². The molecule has 0 bridgehead atoms. The lowest BCUT2D eigenvalue weighted by atomic mass is 10.1. The summed E-state index contributed by atoms with van der Waals surface area (Å²) >= 11 is 0. The van der Waals surface area contributed by atoms with Crippen LogP contribution >= 0.6 is 0 Å². The van der Waals surface area contributed by atoms with Crippen molar-refractivity contribution in [1.29, 1.82) is 0 Å². The van der Waals surface area contributed by atoms with Gasteiger partial charge in [0.15, 0.2) is 5.44 Å². The minimum Gasteiger partial charge on any atom is -0.351 e. The monoisotopic (exact) mass is 222 g/mol. The fourth-order valence-electron chi connectivity index (χ4n) is 2.42. The lowest BCUT2D eigenvalue weighted by Crippen LogP contribution is -2.13. The van der Waals surface area contributed by atoms with Gasteiger partial charge >= 0.3 is 0 Å². The third-order valence-corrected chi connectivity index (χ3v) is 4.99. The fourth-order valence-corrected chi connectivity index (χ4v) is 4.00. The molecule has 0 aromatic heterocycles. The van der Waals surface area contributed by atoms with E-state index < -0.39 is 10.8 Å². The van der Waals surface area contributed by atoms with Gasteiger partial charge in [-0.3, -0.25) is 4.21 Å². The van der Waals surface area contributed by atoms with Crippen LogP contribution in [0.3, 0.4) is 0 Å². The van der Waals surface area contributed by atoms with Crippen LogP contribution in [0.1, 0.15) is 25.7 Å². The van der Waals surface area contributed by atoms with Crippen LogP contribution in [-0.4, -0.2) is 15.2 Å². The molecule has 2 fully saturated rings. The SMILES string of the molecule is O=S(c1ccccc1)C1OC12CCCC2. The van der Waals surface area contributed by atoms with E-state index >= 15 is 0 Å². The molecule has 1 aliphatic heterocycles. The Hall–Kier alpha value is -0.670. The van der Waals surface area contributed by atoms with Crippen LogP contribution in [0.5, 0.6) is 0 Å². The Morgan fingerprint density at radius 3 is 2.53 bits per heavy atom. The first-order chi connectivity index (χ1) is 7.32. The maximum absolute atomic E-state index is 12.2. The molecule has 0 amide bonds. The zero-order valence-electron chi connectivity index (χ0n) is 8.52. The highest BCUT2D eigenvalue weighted by Crippen LogP contribution is 2.52. The van der Waals surface area contributed by atoms with Crippen LogP contribution < -0.4 is 0 Å². The summed E-state index contributed by atoms with van der Waals surface area (Å²) in [7, 11) is -0.975. The first kappa shape index (κ1) is 9.55. The molecule has 1 aromatic carbocycles. The first-order valence-corrected chi connectivity index (χ1v) is 6.67.